The third kappa shape index (κ3) is 3.03. The fourth-order valence-corrected chi connectivity index (χ4v) is 2.66. The number of nitrogens with one attached hydrogen (secondary N) is 1. The summed E-state index contributed by atoms with van der Waals surface area (Å²) < 4.78 is 0. The molecule has 1 amide bonds. The third-order valence-electron chi connectivity index (χ3n) is 3.88. The molecule has 98 valence electrons. The molecule has 1 aromatic carbocycles. The van der Waals surface area contributed by atoms with Crippen LogP contribution in [0.15, 0.2) is 18.2 Å². The maximum atomic E-state index is 12.0. The van der Waals surface area contributed by atoms with Gasteiger partial charge in [-0.2, -0.15) is 0 Å². The highest BCUT2D eigenvalue weighted by Crippen LogP contribution is 2.27. The Labute approximate surface area is 109 Å². The number of carbonyl (C=O) groups excluding carboxylic acids is 1. The third-order valence-corrected chi connectivity index (χ3v) is 3.88. The molecule has 3 nitrogen and oxygen atoms in total. The van der Waals surface area contributed by atoms with Gasteiger partial charge in [-0.3, -0.25) is 4.79 Å². The van der Waals surface area contributed by atoms with Gasteiger partial charge in [0.2, 0.25) is 0 Å². The van der Waals surface area contributed by atoms with Crippen molar-refractivity contribution in [3.63, 3.8) is 0 Å². The Balaban J connectivity index is 1.85. The number of amides is 1. The highest BCUT2D eigenvalue weighted by atomic mass is 16.1. The van der Waals surface area contributed by atoms with Crippen LogP contribution in [0.3, 0.4) is 0 Å². The summed E-state index contributed by atoms with van der Waals surface area (Å²) in [5, 5.41) is 2.97. The zero-order valence-corrected chi connectivity index (χ0v) is 11.0. The lowest BCUT2D eigenvalue weighted by molar-refractivity contribution is 0.0952. The predicted octanol–water partition coefficient (Wildman–Crippen LogP) is 2.89. The van der Waals surface area contributed by atoms with Crippen LogP contribution in [0.25, 0.3) is 0 Å². The first-order valence-electron chi connectivity index (χ1n) is 6.82. The molecular formula is C15H22N2O. The molecule has 0 aromatic heterocycles. The minimum absolute atomic E-state index is 0.0470. The molecule has 1 saturated carbocycles. The van der Waals surface area contributed by atoms with Crippen molar-refractivity contribution in [3.8, 4) is 0 Å². The number of carbonyl (C=O) groups is 1. The molecule has 18 heavy (non-hydrogen) atoms. The summed E-state index contributed by atoms with van der Waals surface area (Å²) in [4.78, 5) is 12.0. The number of hydrogen-bond acceptors (Lipinski definition) is 2. The monoisotopic (exact) mass is 246 g/mol. The lowest BCUT2D eigenvalue weighted by atomic mass is 10.0. The second kappa shape index (κ2) is 5.89. The average Bonchev–Trinajstić information content (AvgIpc) is 2.85. The van der Waals surface area contributed by atoms with Gasteiger partial charge < -0.3 is 11.1 Å². The van der Waals surface area contributed by atoms with E-state index in [0.717, 1.165) is 24.4 Å². The number of benzene rings is 1. The van der Waals surface area contributed by atoms with Crippen LogP contribution in [0.2, 0.25) is 0 Å². The lowest BCUT2D eigenvalue weighted by Crippen LogP contribution is -2.26. The molecule has 1 aliphatic rings. The van der Waals surface area contributed by atoms with Crippen LogP contribution in [0.1, 0.15) is 48.0 Å². The van der Waals surface area contributed by atoms with Crippen molar-refractivity contribution in [2.75, 3.05) is 12.3 Å². The predicted molar refractivity (Wildman–Crippen MR) is 74.5 cm³/mol. The van der Waals surface area contributed by atoms with E-state index in [9.17, 15) is 4.79 Å². The topological polar surface area (TPSA) is 55.1 Å². The van der Waals surface area contributed by atoms with E-state index in [1.165, 1.54) is 25.7 Å². The average molecular weight is 246 g/mol. The molecule has 0 spiro atoms. The number of aryl methyl sites for hydroxylation is 1. The maximum absolute atomic E-state index is 12.0. The second-order valence-electron chi connectivity index (χ2n) is 5.23. The molecule has 0 radical (unpaired) electrons. The Hall–Kier alpha value is -1.51. The van der Waals surface area contributed by atoms with Crippen molar-refractivity contribution < 1.29 is 4.79 Å². The van der Waals surface area contributed by atoms with Crippen LogP contribution in [-0.4, -0.2) is 12.5 Å². The van der Waals surface area contributed by atoms with Crippen molar-refractivity contribution in [2.24, 2.45) is 5.92 Å². The summed E-state index contributed by atoms with van der Waals surface area (Å²) >= 11 is 0. The molecule has 1 fully saturated rings. The van der Waals surface area contributed by atoms with E-state index < -0.39 is 0 Å². The fraction of sp³-hybridized carbons (Fsp3) is 0.533. The lowest BCUT2D eigenvalue weighted by Gasteiger charge is -2.11. The van der Waals surface area contributed by atoms with Crippen LogP contribution in [0.5, 0.6) is 0 Å². The van der Waals surface area contributed by atoms with Crippen molar-refractivity contribution in [2.45, 2.75) is 39.0 Å². The largest absolute Gasteiger partial charge is 0.398 e. The highest BCUT2D eigenvalue weighted by molar-refractivity contribution is 5.99. The van der Waals surface area contributed by atoms with Gasteiger partial charge in [0.05, 0.1) is 5.56 Å². The fourth-order valence-electron chi connectivity index (χ4n) is 2.66. The standard InChI is InChI=1S/C15H22N2O/c1-11-5-4-8-13(14(11)16)15(18)17-10-9-12-6-2-3-7-12/h4-5,8,12H,2-3,6-7,9-10,16H2,1H3,(H,17,18). The Bertz CT molecular complexity index is 423. The molecule has 0 bridgehead atoms. The summed E-state index contributed by atoms with van der Waals surface area (Å²) in [5.74, 6) is 0.759. The molecule has 0 aliphatic heterocycles. The van der Waals surface area contributed by atoms with E-state index in [2.05, 4.69) is 5.32 Å². The smallest absolute Gasteiger partial charge is 0.253 e. The molecule has 0 unspecified atom stereocenters. The molecule has 0 saturated heterocycles. The maximum Gasteiger partial charge on any atom is 0.253 e. The molecule has 0 atom stereocenters. The van der Waals surface area contributed by atoms with Gasteiger partial charge >= 0.3 is 0 Å². The number of rotatable bonds is 4. The zero-order valence-electron chi connectivity index (χ0n) is 11.0. The summed E-state index contributed by atoms with van der Waals surface area (Å²) in [5.41, 5.74) is 8.07. The summed E-state index contributed by atoms with van der Waals surface area (Å²) in [6.07, 6.45) is 6.44. The van der Waals surface area contributed by atoms with Crippen molar-refractivity contribution >= 4 is 11.6 Å². The molecular weight excluding hydrogens is 224 g/mol. The van der Waals surface area contributed by atoms with Crippen LogP contribution in [0, 0.1) is 12.8 Å². The molecule has 0 heterocycles. The van der Waals surface area contributed by atoms with E-state index in [1.807, 2.05) is 19.1 Å². The number of hydrogen-bond donors (Lipinski definition) is 2. The van der Waals surface area contributed by atoms with Crippen LogP contribution in [0.4, 0.5) is 5.69 Å². The van der Waals surface area contributed by atoms with Gasteiger partial charge in [-0.05, 0) is 30.9 Å². The first-order valence-corrected chi connectivity index (χ1v) is 6.82. The first kappa shape index (κ1) is 12.9. The normalized spacial score (nSPS) is 15.8. The van der Waals surface area contributed by atoms with Gasteiger partial charge in [0.1, 0.15) is 0 Å². The quantitative estimate of drug-likeness (QED) is 0.803. The summed E-state index contributed by atoms with van der Waals surface area (Å²) in [6.45, 7) is 2.68. The molecule has 2 rings (SSSR count). The van der Waals surface area contributed by atoms with Gasteiger partial charge in [-0.1, -0.05) is 37.8 Å². The minimum Gasteiger partial charge on any atom is -0.398 e. The zero-order chi connectivity index (χ0) is 13.0. The second-order valence-corrected chi connectivity index (χ2v) is 5.23. The van der Waals surface area contributed by atoms with Gasteiger partial charge in [0.15, 0.2) is 0 Å². The van der Waals surface area contributed by atoms with Crippen LogP contribution in [-0.2, 0) is 0 Å². The minimum atomic E-state index is -0.0470. The van der Waals surface area contributed by atoms with Gasteiger partial charge in [-0.15, -0.1) is 0 Å². The molecule has 3 N–H and O–H groups in total. The van der Waals surface area contributed by atoms with Crippen molar-refractivity contribution in [1.82, 2.24) is 5.32 Å². The SMILES string of the molecule is Cc1cccc(C(=O)NCCC2CCCC2)c1N. The molecule has 1 aliphatic carbocycles. The van der Waals surface area contributed by atoms with E-state index in [-0.39, 0.29) is 5.91 Å². The van der Waals surface area contributed by atoms with E-state index in [0.29, 0.717) is 11.3 Å². The Morgan fingerprint density at radius 1 is 1.39 bits per heavy atom. The van der Waals surface area contributed by atoms with Gasteiger partial charge in [0, 0.05) is 12.2 Å². The number of nitrogens with two attached hydrogens (primary N) is 1. The Morgan fingerprint density at radius 2 is 2.11 bits per heavy atom. The van der Waals surface area contributed by atoms with Crippen molar-refractivity contribution in [1.29, 1.82) is 0 Å². The van der Waals surface area contributed by atoms with Crippen LogP contribution >= 0.6 is 0 Å². The highest BCUT2D eigenvalue weighted by Gasteiger charge is 2.15. The number of para-hydroxylation sites is 1. The Morgan fingerprint density at radius 3 is 2.83 bits per heavy atom. The summed E-state index contributed by atoms with van der Waals surface area (Å²) in [7, 11) is 0. The number of nitrogen functional groups attached to an aromatic ring is 1. The molecule has 3 heteroatoms. The van der Waals surface area contributed by atoms with Gasteiger partial charge in [0.25, 0.3) is 5.91 Å². The summed E-state index contributed by atoms with van der Waals surface area (Å²) in [6, 6.07) is 5.58. The van der Waals surface area contributed by atoms with E-state index in [4.69, 9.17) is 5.73 Å². The molecule has 1 aromatic rings. The first-order chi connectivity index (χ1) is 8.68. The Kier molecular flexibility index (Phi) is 4.24. The van der Waals surface area contributed by atoms with Crippen LogP contribution < -0.4 is 11.1 Å². The van der Waals surface area contributed by atoms with E-state index >= 15 is 0 Å². The van der Waals surface area contributed by atoms with Gasteiger partial charge in [-0.25, -0.2) is 0 Å². The van der Waals surface area contributed by atoms with E-state index in [1.54, 1.807) is 6.07 Å². The van der Waals surface area contributed by atoms with Crippen molar-refractivity contribution in [3.05, 3.63) is 29.3 Å². The number of anilines is 1.